The smallest absolute Gasteiger partial charge is 0.00147 e. The highest BCUT2D eigenvalue weighted by Gasteiger charge is 2.17. The molecule has 0 bridgehead atoms. The Morgan fingerprint density at radius 1 is 1.21 bits per heavy atom. The van der Waals surface area contributed by atoms with Crippen LogP contribution in [0.25, 0.3) is 0 Å². The van der Waals surface area contributed by atoms with Crippen molar-refractivity contribution in [2.75, 3.05) is 19.6 Å². The van der Waals surface area contributed by atoms with Gasteiger partial charge in [-0.25, -0.2) is 0 Å². The molecular weight excluding hydrogens is 172 g/mol. The summed E-state index contributed by atoms with van der Waals surface area (Å²) in [7, 11) is 0. The molecular formula is C12H26N2. The van der Waals surface area contributed by atoms with E-state index in [9.17, 15) is 0 Å². The van der Waals surface area contributed by atoms with Gasteiger partial charge in [-0.3, -0.25) is 0 Å². The predicted molar refractivity (Wildman–Crippen MR) is 62.3 cm³/mol. The lowest BCUT2D eigenvalue weighted by Crippen LogP contribution is -2.37. The van der Waals surface area contributed by atoms with Crippen LogP contribution in [0, 0.1) is 11.3 Å². The molecule has 0 aliphatic heterocycles. The second-order valence-electron chi connectivity index (χ2n) is 5.50. The quantitative estimate of drug-likeness (QED) is 0.710. The second-order valence-corrected chi connectivity index (χ2v) is 5.50. The summed E-state index contributed by atoms with van der Waals surface area (Å²) >= 11 is 0. The topological polar surface area (TPSA) is 38.0 Å². The largest absolute Gasteiger partial charge is 0.330 e. The number of nitrogens with two attached hydrogens (primary N) is 1. The van der Waals surface area contributed by atoms with Crippen LogP contribution in [0.4, 0.5) is 0 Å². The number of rotatable bonds is 5. The molecule has 0 aromatic rings. The van der Waals surface area contributed by atoms with Gasteiger partial charge in [0, 0.05) is 6.54 Å². The van der Waals surface area contributed by atoms with E-state index in [1.807, 2.05) is 0 Å². The van der Waals surface area contributed by atoms with Crippen LogP contribution in [0.1, 0.15) is 46.0 Å². The van der Waals surface area contributed by atoms with Gasteiger partial charge in [0.15, 0.2) is 0 Å². The molecule has 1 rings (SSSR count). The first-order chi connectivity index (χ1) is 6.64. The van der Waals surface area contributed by atoms with Gasteiger partial charge in [0.05, 0.1) is 0 Å². The monoisotopic (exact) mass is 198 g/mol. The summed E-state index contributed by atoms with van der Waals surface area (Å²) in [6.45, 7) is 7.47. The van der Waals surface area contributed by atoms with E-state index in [0.717, 1.165) is 19.0 Å². The zero-order chi connectivity index (χ0) is 10.4. The molecule has 0 saturated heterocycles. The summed E-state index contributed by atoms with van der Waals surface area (Å²) in [5.41, 5.74) is 5.94. The Morgan fingerprint density at radius 2 is 1.86 bits per heavy atom. The van der Waals surface area contributed by atoms with Gasteiger partial charge in [0.25, 0.3) is 0 Å². The summed E-state index contributed by atoms with van der Waals surface area (Å²) in [4.78, 5) is 0. The average molecular weight is 198 g/mol. The minimum absolute atomic E-state index is 0.259. The molecule has 0 heterocycles. The summed E-state index contributed by atoms with van der Waals surface area (Å²) < 4.78 is 0. The Hall–Kier alpha value is -0.0800. The maximum atomic E-state index is 5.69. The minimum atomic E-state index is 0.259. The Kier molecular flexibility index (Phi) is 4.90. The first-order valence-electron chi connectivity index (χ1n) is 6.05. The minimum Gasteiger partial charge on any atom is -0.330 e. The Morgan fingerprint density at radius 3 is 2.43 bits per heavy atom. The van der Waals surface area contributed by atoms with E-state index in [1.165, 1.54) is 38.6 Å². The lowest BCUT2D eigenvalue weighted by molar-refractivity contribution is 0.301. The predicted octanol–water partition coefficient (Wildman–Crippen LogP) is 2.14. The van der Waals surface area contributed by atoms with Crippen LogP contribution in [0.15, 0.2) is 0 Å². The van der Waals surface area contributed by atoms with Crippen molar-refractivity contribution in [3.8, 4) is 0 Å². The third kappa shape index (κ3) is 4.43. The van der Waals surface area contributed by atoms with Crippen LogP contribution >= 0.6 is 0 Å². The fourth-order valence-corrected chi connectivity index (χ4v) is 2.08. The fourth-order valence-electron chi connectivity index (χ4n) is 2.08. The first-order valence-corrected chi connectivity index (χ1v) is 6.05. The van der Waals surface area contributed by atoms with Crippen molar-refractivity contribution in [2.24, 2.45) is 17.1 Å². The Bertz CT molecular complexity index is 148. The van der Waals surface area contributed by atoms with Crippen molar-refractivity contribution in [1.82, 2.24) is 5.32 Å². The van der Waals surface area contributed by atoms with Crippen molar-refractivity contribution in [1.29, 1.82) is 0 Å². The van der Waals surface area contributed by atoms with Gasteiger partial charge in [-0.1, -0.05) is 33.1 Å². The molecule has 0 radical (unpaired) electrons. The highest BCUT2D eigenvalue weighted by Crippen LogP contribution is 2.23. The molecule has 0 atom stereocenters. The molecule has 84 valence electrons. The van der Waals surface area contributed by atoms with E-state index < -0.39 is 0 Å². The van der Waals surface area contributed by atoms with E-state index >= 15 is 0 Å². The van der Waals surface area contributed by atoms with Crippen LogP contribution in [0.2, 0.25) is 0 Å². The number of hydrogen-bond acceptors (Lipinski definition) is 2. The van der Waals surface area contributed by atoms with Gasteiger partial charge in [0.1, 0.15) is 0 Å². The van der Waals surface area contributed by atoms with Crippen molar-refractivity contribution in [3.05, 3.63) is 0 Å². The molecule has 0 unspecified atom stereocenters. The van der Waals surface area contributed by atoms with Gasteiger partial charge < -0.3 is 11.1 Å². The maximum absolute atomic E-state index is 5.69. The summed E-state index contributed by atoms with van der Waals surface area (Å²) in [6.07, 6.45) is 7.18. The van der Waals surface area contributed by atoms with Crippen molar-refractivity contribution in [2.45, 2.75) is 46.0 Å². The van der Waals surface area contributed by atoms with Gasteiger partial charge in [-0.05, 0) is 37.3 Å². The molecule has 14 heavy (non-hydrogen) atoms. The molecule has 1 aliphatic rings. The van der Waals surface area contributed by atoms with Crippen molar-refractivity contribution >= 4 is 0 Å². The molecule has 2 nitrogen and oxygen atoms in total. The van der Waals surface area contributed by atoms with Crippen molar-refractivity contribution in [3.63, 3.8) is 0 Å². The molecule has 0 spiro atoms. The van der Waals surface area contributed by atoms with Crippen LogP contribution in [0.3, 0.4) is 0 Å². The zero-order valence-corrected chi connectivity index (χ0v) is 9.81. The molecule has 0 aromatic carbocycles. The van der Waals surface area contributed by atoms with E-state index in [4.69, 9.17) is 5.73 Å². The fraction of sp³-hybridized carbons (Fsp3) is 1.00. The van der Waals surface area contributed by atoms with Crippen LogP contribution < -0.4 is 11.1 Å². The lowest BCUT2D eigenvalue weighted by atomic mass is 9.88. The lowest BCUT2D eigenvalue weighted by Gasteiger charge is -2.26. The first kappa shape index (κ1) is 12.0. The standard InChI is InChI=1S/C12H26N2/c1-12(2,9-13)10-14-8-11-6-4-3-5-7-11/h11,14H,3-10,13H2,1-2H3. The zero-order valence-electron chi connectivity index (χ0n) is 9.81. The van der Waals surface area contributed by atoms with Gasteiger partial charge in [-0.2, -0.15) is 0 Å². The van der Waals surface area contributed by atoms with Crippen LogP contribution in [-0.4, -0.2) is 19.6 Å². The molecule has 1 aliphatic carbocycles. The summed E-state index contributed by atoms with van der Waals surface area (Å²) in [5.74, 6) is 0.928. The van der Waals surface area contributed by atoms with E-state index in [2.05, 4.69) is 19.2 Å². The molecule has 2 heteroatoms. The number of nitrogens with one attached hydrogen (secondary N) is 1. The van der Waals surface area contributed by atoms with Crippen molar-refractivity contribution < 1.29 is 0 Å². The molecule has 1 saturated carbocycles. The van der Waals surface area contributed by atoms with Gasteiger partial charge in [-0.15, -0.1) is 0 Å². The molecule has 0 amide bonds. The van der Waals surface area contributed by atoms with Crippen LogP contribution in [-0.2, 0) is 0 Å². The summed E-state index contributed by atoms with van der Waals surface area (Å²) in [5, 5.41) is 3.57. The van der Waals surface area contributed by atoms with Crippen LogP contribution in [0.5, 0.6) is 0 Å². The molecule has 0 aromatic heterocycles. The second kappa shape index (κ2) is 5.72. The third-order valence-corrected chi connectivity index (χ3v) is 3.31. The highest BCUT2D eigenvalue weighted by molar-refractivity contribution is 4.74. The Balaban J connectivity index is 2.08. The normalized spacial score (nSPS) is 19.9. The number of hydrogen-bond donors (Lipinski definition) is 2. The molecule has 3 N–H and O–H groups in total. The van der Waals surface area contributed by atoms with Gasteiger partial charge >= 0.3 is 0 Å². The summed E-state index contributed by atoms with van der Waals surface area (Å²) in [6, 6.07) is 0. The third-order valence-electron chi connectivity index (χ3n) is 3.31. The van der Waals surface area contributed by atoms with E-state index in [0.29, 0.717) is 0 Å². The highest BCUT2D eigenvalue weighted by atomic mass is 14.9. The maximum Gasteiger partial charge on any atom is 0.00147 e. The average Bonchev–Trinajstić information content (AvgIpc) is 2.19. The van der Waals surface area contributed by atoms with Gasteiger partial charge in [0.2, 0.25) is 0 Å². The van der Waals surface area contributed by atoms with E-state index in [1.54, 1.807) is 0 Å². The Labute approximate surface area is 88.6 Å². The molecule has 1 fully saturated rings. The van der Waals surface area contributed by atoms with E-state index in [-0.39, 0.29) is 5.41 Å². The SMILES string of the molecule is CC(C)(CN)CNCC1CCCCC1.